The first kappa shape index (κ1) is 15.3. The molecule has 6 heteroatoms. The summed E-state index contributed by atoms with van der Waals surface area (Å²) in [4.78, 5) is 0.236. The first-order chi connectivity index (χ1) is 11.0. The fraction of sp³-hybridized carbons (Fsp3) is 0.118. The number of nitrogens with zero attached hydrogens (tertiary/aromatic N) is 2. The van der Waals surface area contributed by atoms with Gasteiger partial charge in [-0.25, -0.2) is 8.42 Å². The minimum absolute atomic E-state index is 0.236. The number of aryl methyl sites for hydroxylation is 2. The number of aromatic nitrogens is 2. The lowest BCUT2D eigenvalue weighted by Crippen LogP contribution is -2.13. The molecule has 0 saturated carbocycles. The van der Waals surface area contributed by atoms with Gasteiger partial charge in [0, 0.05) is 12.6 Å². The van der Waals surface area contributed by atoms with Crippen molar-refractivity contribution in [2.24, 2.45) is 7.05 Å². The van der Waals surface area contributed by atoms with Crippen LogP contribution in [0.5, 0.6) is 0 Å². The van der Waals surface area contributed by atoms with E-state index in [1.54, 1.807) is 29.9 Å². The van der Waals surface area contributed by atoms with E-state index in [0.717, 1.165) is 16.8 Å². The van der Waals surface area contributed by atoms with Gasteiger partial charge < -0.3 is 0 Å². The second-order valence-electron chi connectivity index (χ2n) is 5.32. The highest BCUT2D eigenvalue weighted by Gasteiger charge is 2.19. The zero-order valence-electron chi connectivity index (χ0n) is 12.9. The molecule has 1 N–H and O–H groups in total. The Morgan fingerprint density at radius 1 is 1.04 bits per heavy atom. The summed E-state index contributed by atoms with van der Waals surface area (Å²) < 4.78 is 29.5. The van der Waals surface area contributed by atoms with Crippen molar-refractivity contribution in [2.75, 3.05) is 4.72 Å². The molecule has 0 fully saturated rings. The van der Waals surface area contributed by atoms with E-state index < -0.39 is 10.0 Å². The molecule has 1 heterocycles. The lowest BCUT2D eigenvalue weighted by Gasteiger charge is -2.10. The van der Waals surface area contributed by atoms with Crippen molar-refractivity contribution >= 4 is 15.7 Å². The fourth-order valence-corrected chi connectivity index (χ4v) is 3.59. The van der Waals surface area contributed by atoms with Gasteiger partial charge in [-0.1, -0.05) is 42.5 Å². The van der Waals surface area contributed by atoms with E-state index in [1.165, 1.54) is 6.20 Å². The molecule has 1 aromatic heterocycles. The van der Waals surface area contributed by atoms with E-state index in [9.17, 15) is 8.42 Å². The summed E-state index contributed by atoms with van der Waals surface area (Å²) in [6.07, 6.45) is 1.52. The van der Waals surface area contributed by atoms with Gasteiger partial charge >= 0.3 is 0 Å². The molecule has 0 radical (unpaired) electrons. The lowest BCUT2D eigenvalue weighted by molar-refractivity contribution is 0.601. The summed E-state index contributed by atoms with van der Waals surface area (Å²) in [6.45, 7) is 1.86. The van der Waals surface area contributed by atoms with E-state index in [0.29, 0.717) is 5.69 Å². The van der Waals surface area contributed by atoms with Gasteiger partial charge in [-0.15, -0.1) is 0 Å². The highest BCUT2D eigenvalue weighted by Crippen LogP contribution is 2.29. The molecule has 3 rings (SSSR count). The fourth-order valence-electron chi connectivity index (χ4n) is 2.44. The van der Waals surface area contributed by atoms with Gasteiger partial charge in [0.15, 0.2) is 0 Å². The second kappa shape index (κ2) is 5.89. The van der Waals surface area contributed by atoms with Crippen LogP contribution in [0.15, 0.2) is 65.7 Å². The highest BCUT2D eigenvalue weighted by molar-refractivity contribution is 7.92. The number of sulfonamides is 1. The molecular formula is C17H17N3O2S. The van der Waals surface area contributed by atoms with Crippen molar-refractivity contribution in [3.05, 3.63) is 66.4 Å². The Hall–Kier alpha value is -2.60. The normalized spacial score (nSPS) is 11.4. The van der Waals surface area contributed by atoms with Gasteiger partial charge in [0.1, 0.15) is 0 Å². The number of hydrogen-bond donors (Lipinski definition) is 1. The Morgan fingerprint density at radius 2 is 1.78 bits per heavy atom. The predicted molar refractivity (Wildman–Crippen MR) is 90.6 cm³/mol. The van der Waals surface area contributed by atoms with Crippen LogP contribution in [0.4, 0.5) is 5.69 Å². The second-order valence-corrected chi connectivity index (χ2v) is 7.00. The van der Waals surface area contributed by atoms with Crippen LogP contribution in [0.25, 0.3) is 11.3 Å². The number of nitrogens with one attached hydrogen (secondary N) is 1. The van der Waals surface area contributed by atoms with E-state index in [-0.39, 0.29) is 4.90 Å². The van der Waals surface area contributed by atoms with Crippen LogP contribution in [0.1, 0.15) is 5.56 Å². The van der Waals surface area contributed by atoms with Crippen LogP contribution < -0.4 is 4.72 Å². The predicted octanol–water partition coefficient (Wildman–Crippen LogP) is 3.20. The van der Waals surface area contributed by atoms with Crippen LogP contribution in [-0.4, -0.2) is 18.2 Å². The monoisotopic (exact) mass is 327 g/mol. The molecule has 0 aliphatic heterocycles. The molecule has 0 spiro atoms. The maximum atomic E-state index is 12.6. The van der Waals surface area contributed by atoms with Crippen LogP contribution in [0.2, 0.25) is 0 Å². The van der Waals surface area contributed by atoms with Gasteiger partial charge in [-0.3, -0.25) is 9.40 Å². The molecule has 0 aliphatic rings. The summed E-state index contributed by atoms with van der Waals surface area (Å²) in [5, 5.41) is 4.18. The smallest absolute Gasteiger partial charge is 0.262 e. The topological polar surface area (TPSA) is 64.0 Å². The summed E-state index contributed by atoms with van der Waals surface area (Å²) in [5.74, 6) is 0. The van der Waals surface area contributed by atoms with Crippen molar-refractivity contribution in [3.8, 4) is 11.3 Å². The van der Waals surface area contributed by atoms with Crippen molar-refractivity contribution in [2.45, 2.75) is 11.8 Å². The minimum Gasteiger partial charge on any atom is -0.276 e. The largest absolute Gasteiger partial charge is 0.276 e. The molecule has 118 valence electrons. The van der Waals surface area contributed by atoms with Crippen molar-refractivity contribution in [1.82, 2.24) is 9.78 Å². The molecule has 2 aromatic carbocycles. The standard InChI is InChI=1S/C17H17N3O2S/c1-13-7-6-10-15(11-13)23(21,22)19-16-12-18-20(2)17(16)14-8-4-3-5-9-14/h3-12,19H,1-2H3. The van der Waals surface area contributed by atoms with Crippen molar-refractivity contribution < 1.29 is 8.42 Å². The molecule has 0 amide bonds. The average Bonchev–Trinajstić information content (AvgIpc) is 2.88. The van der Waals surface area contributed by atoms with Crippen LogP contribution in [0, 0.1) is 6.92 Å². The first-order valence-electron chi connectivity index (χ1n) is 7.14. The molecule has 5 nitrogen and oxygen atoms in total. The number of rotatable bonds is 4. The molecule has 0 saturated heterocycles. The third-order valence-corrected chi connectivity index (χ3v) is 4.89. The molecule has 0 bridgehead atoms. The van der Waals surface area contributed by atoms with E-state index >= 15 is 0 Å². The minimum atomic E-state index is -3.66. The number of hydrogen-bond acceptors (Lipinski definition) is 3. The summed E-state index contributed by atoms with van der Waals surface area (Å²) in [7, 11) is -1.87. The zero-order chi connectivity index (χ0) is 16.4. The Kier molecular flexibility index (Phi) is 3.92. The lowest BCUT2D eigenvalue weighted by atomic mass is 10.1. The van der Waals surface area contributed by atoms with Crippen LogP contribution >= 0.6 is 0 Å². The van der Waals surface area contributed by atoms with Gasteiger partial charge in [-0.2, -0.15) is 5.10 Å². The van der Waals surface area contributed by atoms with Gasteiger partial charge in [0.2, 0.25) is 0 Å². The van der Waals surface area contributed by atoms with Crippen LogP contribution in [0.3, 0.4) is 0 Å². The van der Waals surface area contributed by atoms with Gasteiger partial charge in [-0.05, 0) is 24.6 Å². The van der Waals surface area contributed by atoms with E-state index in [4.69, 9.17) is 0 Å². The van der Waals surface area contributed by atoms with Crippen molar-refractivity contribution in [1.29, 1.82) is 0 Å². The Bertz CT molecular complexity index is 931. The molecule has 0 unspecified atom stereocenters. The number of benzene rings is 2. The molecule has 3 aromatic rings. The molecular weight excluding hydrogens is 310 g/mol. The zero-order valence-corrected chi connectivity index (χ0v) is 13.7. The molecule has 0 aliphatic carbocycles. The third kappa shape index (κ3) is 3.12. The van der Waals surface area contributed by atoms with Gasteiger partial charge in [0.05, 0.1) is 22.5 Å². The maximum absolute atomic E-state index is 12.6. The highest BCUT2D eigenvalue weighted by atomic mass is 32.2. The summed E-state index contributed by atoms with van der Waals surface area (Å²) in [5.41, 5.74) is 2.97. The summed E-state index contributed by atoms with van der Waals surface area (Å²) >= 11 is 0. The molecule has 0 atom stereocenters. The van der Waals surface area contributed by atoms with E-state index in [2.05, 4.69) is 9.82 Å². The van der Waals surface area contributed by atoms with Crippen LogP contribution in [-0.2, 0) is 17.1 Å². The van der Waals surface area contributed by atoms with Crippen molar-refractivity contribution in [3.63, 3.8) is 0 Å². The SMILES string of the molecule is Cc1cccc(S(=O)(=O)Nc2cnn(C)c2-c2ccccc2)c1. The first-order valence-corrected chi connectivity index (χ1v) is 8.62. The number of anilines is 1. The Labute approximate surface area is 135 Å². The Morgan fingerprint density at radius 3 is 2.48 bits per heavy atom. The van der Waals surface area contributed by atoms with E-state index in [1.807, 2.05) is 43.3 Å². The maximum Gasteiger partial charge on any atom is 0.262 e. The average molecular weight is 327 g/mol. The summed E-state index contributed by atoms with van der Waals surface area (Å²) in [6, 6.07) is 16.4. The van der Waals surface area contributed by atoms with Gasteiger partial charge in [0.25, 0.3) is 10.0 Å². The Balaban J connectivity index is 2.02. The third-order valence-electron chi connectivity index (χ3n) is 3.53. The molecule has 23 heavy (non-hydrogen) atoms. The quantitative estimate of drug-likeness (QED) is 0.800.